The molecule has 0 aromatic heterocycles. The summed E-state index contributed by atoms with van der Waals surface area (Å²) in [5, 5.41) is 2.79. The summed E-state index contributed by atoms with van der Waals surface area (Å²) in [6.07, 6.45) is 0.563. The maximum atomic E-state index is 12.3. The van der Waals surface area contributed by atoms with E-state index in [9.17, 15) is 13.2 Å². The topological polar surface area (TPSA) is 92.5 Å². The molecule has 1 aliphatic heterocycles. The van der Waals surface area contributed by atoms with Crippen LogP contribution in [-0.2, 0) is 14.6 Å². The van der Waals surface area contributed by atoms with Crippen molar-refractivity contribution in [3.05, 3.63) is 24.3 Å². The molecule has 21 heavy (non-hydrogen) atoms. The van der Waals surface area contributed by atoms with E-state index in [4.69, 9.17) is 5.73 Å². The summed E-state index contributed by atoms with van der Waals surface area (Å²) in [5.74, 6) is 0.133. The van der Waals surface area contributed by atoms with Crippen molar-refractivity contribution in [1.29, 1.82) is 0 Å². The lowest BCUT2D eigenvalue weighted by molar-refractivity contribution is -0.120. The van der Waals surface area contributed by atoms with E-state index in [-0.39, 0.29) is 17.4 Å². The lowest BCUT2D eigenvalue weighted by Gasteiger charge is -2.26. The van der Waals surface area contributed by atoms with Crippen molar-refractivity contribution >= 4 is 27.1 Å². The minimum absolute atomic E-state index is 0.109. The molecule has 1 aromatic carbocycles. The van der Waals surface area contributed by atoms with Gasteiger partial charge in [0.05, 0.1) is 28.9 Å². The van der Waals surface area contributed by atoms with E-state index in [1.54, 1.807) is 31.2 Å². The quantitative estimate of drug-likeness (QED) is 0.802. The van der Waals surface area contributed by atoms with Crippen molar-refractivity contribution in [2.75, 3.05) is 35.6 Å². The van der Waals surface area contributed by atoms with Gasteiger partial charge in [-0.15, -0.1) is 0 Å². The van der Waals surface area contributed by atoms with Gasteiger partial charge in [0.15, 0.2) is 9.84 Å². The average molecular weight is 311 g/mol. The third kappa shape index (κ3) is 4.18. The molecule has 0 bridgehead atoms. The smallest absolute Gasteiger partial charge is 0.241 e. The van der Waals surface area contributed by atoms with Crippen molar-refractivity contribution < 1.29 is 13.2 Å². The Morgan fingerprint density at radius 2 is 2.00 bits per heavy atom. The molecule has 1 atom stereocenters. The van der Waals surface area contributed by atoms with Crippen molar-refractivity contribution in [1.82, 2.24) is 4.90 Å². The summed E-state index contributed by atoms with van der Waals surface area (Å²) >= 11 is 0. The van der Waals surface area contributed by atoms with Crippen LogP contribution in [0.15, 0.2) is 24.3 Å². The fourth-order valence-corrected chi connectivity index (χ4v) is 3.64. The first-order valence-electron chi connectivity index (χ1n) is 6.99. The van der Waals surface area contributed by atoms with Crippen LogP contribution in [0.5, 0.6) is 0 Å². The number of hydrogen-bond donors (Lipinski definition) is 2. The van der Waals surface area contributed by atoms with Crippen LogP contribution in [0.3, 0.4) is 0 Å². The molecule has 0 aliphatic carbocycles. The zero-order valence-electron chi connectivity index (χ0n) is 12.1. The predicted octanol–water partition coefficient (Wildman–Crippen LogP) is 0.716. The van der Waals surface area contributed by atoms with Crippen molar-refractivity contribution in [3.63, 3.8) is 0 Å². The SMILES string of the molecule is CC(C(=O)Nc1ccccc1N)N1CCCS(=O)(=O)CC1. The predicted molar refractivity (Wildman–Crippen MR) is 83.8 cm³/mol. The molecule has 6 nitrogen and oxygen atoms in total. The largest absolute Gasteiger partial charge is 0.397 e. The molecule has 1 amide bonds. The van der Waals surface area contributed by atoms with Crippen LogP contribution in [0.4, 0.5) is 11.4 Å². The van der Waals surface area contributed by atoms with Gasteiger partial charge in [0, 0.05) is 6.54 Å². The number of amides is 1. The summed E-state index contributed by atoms with van der Waals surface area (Å²) in [4.78, 5) is 14.2. The fourth-order valence-electron chi connectivity index (χ4n) is 2.36. The molecule has 1 fully saturated rings. The molecule has 1 saturated heterocycles. The second-order valence-corrected chi connectivity index (χ2v) is 7.60. The van der Waals surface area contributed by atoms with Gasteiger partial charge in [-0.25, -0.2) is 8.42 Å². The highest BCUT2D eigenvalue weighted by Crippen LogP contribution is 2.18. The summed E-state index contributed by atoms with van der Waals surface area (Å²) in [6.45, 7) is 2.78. The first-order chi connectivity index (χ1) is 9.89. The highest BCUT2D eigenvalue weighted by atomic mass is 32.2. The standard InChI is InChI=1S/C14H21N3O3S/c1-11(17-7-4-9-21(19,20)10-8-17)14(18)16-13-6-3-2-5-12(13)15/h2-3,5-6,11H,4,7-10,15H2,1H3,(H,16,18). The lowest BCUT2D eigenvalue weighted by Crippen LogP contribution is -2.43. The highest BCUT2D eigenvalue weighted by Gasteiger charge is 2.26. The van der Waals surface area contributed by atoms with E-state index < -0.39 is 15.9 Å². The fraction of sp³-hybridized carbons (Fsp3) is 0.500. The van der Waals surface area contributed by atoms with Gasteiger partial charge in [-0.1, -0.05) is 12.1 Å². The number of carbonyl (C=O) groups is 1. The van der Waals surface area contributed by atoms with Gasteiger partial charge >= 0.3 is 0 Å². The maximum Gasteiger partial charge on any atom is 0.241 e. The van der Waals surface area contributed by atoms with Crippen LogP contribution in [0.25, 0.3) is 0 Å². The number of nitrogen functional groups attached to an aromatic ring is 1. The normalized spacial score (nSPS) is 20.4. The molecule has 0 radical (unpaired) electrons. The molecule has 2 rings (SSSR count). The molecular weight excluding hydrogens is 290 g/mol. The van der Waals surface area contributed by atoms with E-state index in [0.717, 1.165) is 0 Å². The van der Waals surface area contributed by atoms with Gasteiger partial charge in [-0.05, 0) is 32.0 Å². The van der Waals surface area contributed by atoms with E-state index in [1.165, 1.54) is 0 Å². The molecule has 1 heterocycles. The third-order valence-electron chi connectivity index (χ3n) is 3.74. The lowest BCUT2D eigenvalue weighted by atomic mass is 10.2. The minimum atomic E-state index is -2.97. The first kappa shape index (κ1) is 15.8. The molecule has 1 aliphatic rings. The second-order valence-electron chi connectivity index (χ2n) is 5.29. The molecule has 116 valence electrons. The zero-order valence-corrected chi connectivity index (χ0v) is 12.9. The summed E-state index contributed by atoms with van der Waals surface area (Å²) in [6, 6.07) is 6.67. The Kier molecular flexibility index (Phi) is 4.84. The average Bonchev–Trinajstić information content (AvgIpc) is 2.61. The molecular formula is C14H21N3O3S. The molecule has 0 saturated carbocycles. The Balaban J connectivity index is 2.01. The van der Waals surface area contributed by atoms with E-state index >= 15 is 0 Å². The van der Waals surface area contributed by atoms with E-state index in [1.807, 2.05) is 4.90 Å². The Morgan fingerprint density at radius 3 is 2.71 bits per heavy atom. The van der Waals surface area contributed by atoms with Gasteiger partial charge in [-0.3, -0.25) is 9.69 Å². The van der Waals surface area contributed by atoms with Crippen molar-refractivity contribution in [3.8, 4) is 0 Å². The van der Waals surface area contributed by atoms with Crippen LogP contribution in [-0.4, -0.2) is 49.9 Å². The van der Waals surface area contributed by atoms with Gasteiger partial charge < -0.3 is 11.1 Å². The van der Waals surface area contributed by atoms with Crippen molar-refractivity contribution in [2.45, 2.75) is 19.4 Å². The highest BCUT2D eigenvalue weighted by molar-refractivity contribution is 7.91. The molecule has 7 heteroatoms. The molecule has 1 unspecified atom stereocenters. The monoisotopic (exact) mass is 311 g/mol. The van der Waals surface area contributed by atoms with Gasteiger partial charge in [0.2, 0.25) is 5.91 Å². The van der Waals surface area contributed by atoms with Crippen LogP contribution < -0.4 is 11.1 Å². The molecule has 0 spiro atoms. The number of hydrogen-bond acceptors (Lipinski definition) is 5. The zero-order chi connectivity index (χ0) is 15.5. The summed E-state index contributed by atoms with van der Waals surface area (Å²) in [7, 11) is -2.97. The number of nitrogens with one attached hydrogen (secondary N) is 1. The van der Waals surface area contributed by atoms with Crippen molar-refractivity contribution in [2.24, 2.45) is 0 Å². The van der Waals surface area contributed by atoms with Crippen LogP contribution in [0.2, 0.25) is 0 Å². The Bertz CT molecular complexity index is 616. The molecule has 1 aromatic rings. The number of anilines is 2. The third-order valence-corrected chi connectivity index (χ3v) is 5.45. The van der Waals surface area contributed by atoms with Crippen LogP contribution in [0, 0.1) is 0 Å². The summed E-state index contributed by atoms with van der Waals surface area (Å²) in [5.41, 5.74) is 6.89. The number of benzene rings is 1. The number of sulfone groups is 1. The Morgan fingerprint density at radius 1 is 1.29 bits per heavy atom. The number of carbonyl (C=O) groups excluding carboxylic acids is 1. The number of para-hydroxylation sites is 2. The Hall–Kier alpha value is -1.60. The number of nitrogens with zero attached hydrogens (tertiary/aromatic N) is 1. The first-order valence-corrected chi connectivity index (χ1v) is 8.81. The Labute approximate surface area is 125 Å². The van der Waals surface area contributed by atoms with E-state index in [0.29, 0.717) is 30.9 Å². The van der Waals surface area contributed by atoms with E-state index in [2.05, 4.69) is 5.32 Å². The van der Waals surface area contributed by atoms with Crippen LogP contribution >= 0.6 is 0 Å². The molecule has 3 N–H and O–H groups in total. The van der Waals surface area contributed by atoms with Gasteiger partial charge in [-0.2, -0.15) is 0 Å². The minimum Gasteiger partial charge on any atom is -0.397 e. The number of rotatable bonds is 3. The summed E-state index contributed by atoms with van der Waals surface area (Å²) < 4.78 is 23.2. The maximum absolute atomic E-state index is 12.3. The van der Waals surface area contributed by atoms with Gasteiger partial charge in [0.25, 0.3) is 0 Å². The second kappa shape index (κ2) is 6.44. The van der Waals surface area contributed by atoms with Crippen LogP contribution in [0.1, 0.15) is 13.3 Å². The van der Waals surface area contributed by atoms with Gasteiger partial charge in [0.1, 0.15) is 0 Å². The number of nitrogens with two attached hydrogens (primary N) is 1.